The molecule has 1 N–H and O–H groups in total. The summed E-state index contributed by atoms with van der Waals surface area (Å²) in [6, 6.07) is 26.9. The van der Waals surface area contributed by atoms with Gasteiger partial charge in [-0.15, -0.1) is 10.2 Å². The quantitative estimate of drug-likeness (QED) is 0.349. The van der Waals surface area contributed by atoms with Gasteiger partial charge in [0.1, 0.15) is 0 Å². The Bertz CT molecular complexity index is 1250. The molecule has 1 unspecified atom stereocenters. The number of rotatable bonds is 4. The van der Waals surface area contributed by atoms with Gasteiger partial charge in [0.05, 0.1) is 0 Å². The van der Waals surface area contributed by atoms with Gasteiger partial charge in [-0.2, -0.15) is 4.98 Å². The zero-order valence-electron chi connectivity index (χ0n) is 18.9. The first-order valence-corrected chi connectivity index (χ1v) is 12.0. The average molecular weight is 455 g/mol. The third-order valence-electron chi connectivity index (χ3n) is 5.62. The van der Waals surface area contributed by atoms with Crippen LogP contribution in [0.2, 0.25) is 0 Å². The molecule has 4 aromatic rings. The number of hydrogen-bond acceptors (Lipinski definition) is 6. The largest absolute Gasteiger partial charge is 0.448 e. The summed E-state index contributed by atoms with van der Waals surface area (Å²) in [6.07, 6.45) is -0.384. The Hall–Kier alpha value is -3.38. The van der Waals surface area contributed by atoms with E-state index in [1.807, 2.05) is 42.5 Å². The number of anilines is 1. The molecule has 1 atom stereocenters. The minimum absolute atomic E-state index is 0.0947. The number of benzene rings is 3. The molecule has 0 radical (unpaired) electrons. The third kappa shape index (κ3) is 4.71. The predicted molar refractivity (Wildman–Crippen MR) is 133 cm³/mol. The van der Waals surface area contributed by atoms with Gasteiger partial charge >= 0.3 is 0 Å². The lowest BCUT2D eigenvalue weighted by molar-refractivity contribution is 0.225. The molecule has 1 aromatic heterocycles. The van der Waals surface area contributed by atoms with Crippen molar-refractivity contribution in [2.24, 2.45) is 0 Å². The van der Waals surface area contributed by atoms with E-state index in [2.05, 4.69) is 72.7 Å². The lowest BCUT2D eigenvalue weighted by Crippen LogP contribution is -2.18. The van der Waals surface area contributed by atoms with Crippen molar-refractivity contribution in [3.63, 3.8) is 0 Å². The monoisotopic (exact) mass is 454 g/mol. The van der Waals surface area contributed by atoms with Crippen LogP contribution in [0, 0.1) is 0 Å². The Balaban J connectivity index is 1.47. The SMILES string of the molecule is CC(C)(C)c1ccc(C2Nc3ccccc3-c3nnc(SCc4ccccc4)nc3O2)cc1. The van der Waals surface area contributed by atoms with Crippen molar-refractivity contribution in [3.05, 3.63) is 95.6 Å². The van der Waals surface area contributed by atoms with Crippen molar-refractivity contribution in [3.8, 4) is 17.1 Å². The number of nitrogens with one attached hydrogen (secondary N) is 1. The molecule has 3 aromatic carbocycles. The van der Waals surface area contributed by atoms with Gasteiger partial charge < -0.3 is 10.1 Å². The first-order valence-electron chi connectivity index (χ1n) is 11.0. The number of nitrogens with zero attached hydrogens (tertiary/aromatic N) is 3. The second kappa shape index (κ2) is 8.87. The molecule has 1 aliphatic heterocycles. The van der Waals surface area contributed by atoms with Crippen LogP contribution in [0.1, 0.15) is 43.7 Å². The Morgan fingerprint density at radius 2 is 1.61 bits per heavy atom. The van der Waals surface area contributed by atoms with Gasteiger partial charge in [-0.3, -0.25) is 0 Å². The minimum Gasteiger partial charge on any atom is -0.448 e. The summed E-state index contributed by atoms with van der Waals surface area (Å²) in [4.78, 5) is 4.75. The standard InChI is InChI=1S/C27H26N4OS/c1-27(2,3)20-15-13-19(14-16-20)24-28-22-12-8-7-11-21(22)23-25(32-24)29-26(31-30-23)33-17-18-9-5-4-6-10-18/h4-16,24,28H,17H2,1-3H3. The topological polar surface area (TPSA) is 59.9 Å². The minimum atomic E-state index is -0.384. The predicted octanol–water partition coefficient (Wildman–Crippen LogP) is 6.63. The third-order valence-corrected chi connectivity index (χ3v) is 6.53. The zero-order valence-corrected chi connectivity index (χ0v) is 19.8. The van der Waals surface area contributed by atoms with Gasteiger partial charge in [-0.1, -0.05) is 105 Å². The van der Waals surface area contributed by atoms with Gasteiger partial charge in [0, 0.05) is 22.6 Å². The van der Waals surface area contributed by atoms with E-state index in [0.29, 0.717) is 16.7 Å². The summed E-state index contributed by atoms with van der Waals surface area (Å²) >= 11 is 1.55. The molecule has 5 rings (SSSR count). The highest BCUT2D eigenvalue weighted by molar-refractivity contribution is 7.98. The Kier molecular flexibility index (Phi) is 5.77. The summed E-state index contributed by atoms with van der Waals surface area (Å²) in [7, 11) is 0. The van der Waals surface area contributed by atoms with Gasteiger partial charge in [-0.25, -0.2) is 0 Å². The maximum Gasteiger partial charge on any atom is 0.247 e. The first kappa shape index (κ1) is 21.5. The summed E-state index contributed by atoms with van der Waals surface area (Å²) in [5, 5.41) is 13.0. The Morgan fingerprint density at radius 1 is 0.879 bits per heavy atom. The van der Waals surface area contributed by atoms with Crippen molar-refractivity contribution in [2.75, 3.05) is 5.32 Å². The zero-order chi connectivity index (χ0) is 22.8. The number of fused-ring (bicyclic) bond motifs is 3. The molecule has 6 heteroatoms. The molecule has 0 aliphatic carbocycles. The molecule has 33 heavy (non-hydrogen) atoms. The number of ether oxygens (including phenoxy) is 1. The maximum absolute atomic E-state index is 6.41. The van der Waals surface area contributed by atoms with Crippen molar-refractivity contribution < 1.29 is 4.74 Å². The van der Waals surface area contributed by atoms with Crippen LogP contribution < -0.4 is 10.1 Å². The fraction of sp³-hybridized carbons (Fsp3) is 0.222. The lowest BCUT2D eigenvalue weighted by atomic mass is 9.86. The highest BCUT2D eigenvalue weighted by atomic mass is 32.2. The molecule has 0 amide bonds. The molecule has 1 aliphatic rings. The fourth-order valence-corrected chi connectivity index (χ4v) is 4.47. The summed E-state index contributed by atoms with van der Waals surface area (Å²) in [5.41, 5.74) is 6.15. The van der Waals surface area contributed by atoms with Crippen molar-refractivity contribution >= 4 is 17.4 Å². The van der Waals surface area contributed by atoms with E-state index in [1.165, 1.54) is 11.1 Å². The lowest BCUT2D eigenvalue weighted by Gasteiger charge is -2.22. The van der Waals surface area contributed by atoms with E-state index >= 15 is 0 Å². The molecular formula is C27H26N4OS. The molecule has 0 saturated heterocycles. The highest BCUT2D eigenvalue weighted by Crippen LogP contribution is 2.39. The molecule has 0 saturated carbocycles. The molecule has 0 fully saturated rings. The molecule has 0 spiro atoms. The van der Waals surface area contributed by atoms with E-state index in [1.54, 1.807) is 11.8 Å². The van der Waals surface area contributed by atoms with Crippen LogP contribution in [0.25, 0.3) is 11.3 Å². The number of para-hydroxylation sites is 1. The van der Waals surface area contributed by atoms with Crippen LogP contribution in [0.15, 0.2) is 84.0 Å². The second-order valence-electron chi connectivity index (χ2n) is 9.08. The Morgan fingerprint density at radius 3 is 2.36 bits per heavy atom. The van der Waals surface area contributed by atoms with Crippen LogP contribution in [-0.2, 0) is 11.2 Å². The molecular weight excluding hydrogens is 428 g/mol. The number of aromatic nitrogens is 3. The fourth-order valence-electron chi connectivity index (χ4n) is 3.74. The van der Waals surface area contributed by atoms with Gasteiger partial charge in [0.15, 0.2) is 11.9 Å². The number of thioether (sulfide) groups is 1. The van der Waals surface area contributed by atoms with Crippen LogP contribution in [0.5, 0.6) is 5.88 Å². The van der Waals surface area contributed by atoms with E-state index in [0.717, 1.165) is 22.6 Å². The van der Waals surface area contributed by atoms with E-state index in [-0.39, 0.29) is 11.6 Å². The molecule has 0 bridgehead atoms. The maximum atomic E-state index is 6.41. The van der Waals surface area contributed by atoms with Crippen LogP contribution in [-0.4, -0.2) is 15.2 Å². The van der Waals surface area contributed by atoms with Crippen molar-refractivity contribution in [1.29, 1.82) is 0 Å². The smallest absolute Gasteiger partial charge is 0.247 e. The first-order chi connectivity index (χ1) is 16.0. The summed E-state index contributed by atoms with van der Waals surface area (Å²) in [5.74, 6) is 1.26. The average Bonchev–Trinajstić information content (AvgIpc) is 2.99. The van der Waals surface area contributed by atoms with E-state index in [4.69, 9.17) is 9.72 Å². The highest BCUT2D eigenvalue weighted by Gasteiger charge is 2.26. The van der Waals surface area contributed by atoms with Gasteiger partial charge in [0.2, 0.25) is 11.0 Å². The molecule has 5 nitrogen and oxygen atoms in total. The second-order valence-corrected chi connectivity index (χ2v) is 10.0. The van der Waals surface area contributed by atoms with Gasteiger partial charge in [-0.05, 0) is 22.6 Å². The number of hydrogen-bond donors (Lipinski definition) is 1. The molecule has 166 valence electrons. The van der Waals surface area contributed by atoms with Crippen LogP contribution >= 0.6 is 11.8 Å². The molecule has 2 heterocycles. The normalized spacial score (nSPS) is 14.9. The summed E-state index contributed by atoms with van der Waals surface area (Å²) < 4.78 is 6.41. The van der Waals surface area contributed by atoms with Crippen LogP contribution in [0.3, 0.4) is 0 Å². The summed E-state index contributed by atoms with van der Waals surface area (Å²) in [6.45, 7) is 6.64. The van der Waals surface area contributed by atoms with E-state index < -0.39 is 0 Å². The van der Waals surface area contributed by atoms with Crippen molar-refractivity contribution in [2.45, 2.75) is 43.3 Å². The van der Waals surface area contributed by atoms with Gasteiger partial charge in [0.25, 0.3) is 0 Å². The van der Waals surface area contributed by atoms with Crippen molar-refractivity contribution in [1.82, 2.24) is 15.2 Å². The van der Waals surface area contributed by atoms with Crippen LogP contribution in [0.4, 0.5) is 5.69 Å². The Labute approximate surface area is 198 Å². The van der Waals surface area contributed by atoms with E-state index in [9.17, 15) is 0 Å².